The molecule has 0 spiro atoms. The molecule has 204 valence electrons. The number of nitrogens with one attached hydrogen (secondary N) is 1. The average Bonchev–Trinajstić information content (AvgIpc) is 2.82. The fourth-order valence-electron chi connectivity index (χ4n) is 3.22. The van der Waals surface area contributed by atoms with E-state index in [1.54, 1.807) is 0 Å². The van der Waals surface area contributed by atoms with Crippen LogP contribution in [0.1, 0.15) is 12.8 Å². The molecule has 0 aromatic carbocycles. The van der Waals surface area contributed by atoms with Crippen LogP contribution in [0.15, 0.2) is 0 Å². The molecule has 0 rings (SSSR count). The molecule has 15 nitrogen and oxygen atoms in total. The first-order chi connectivity index (χ1) is 15.9. The lowest BCUT2D eigenvalue weighted by Gasteiger charge is -2.33. The Morgan fingerprint density at radius 1 is 0.765 bits per heavy atom. The van der Waals surface area contributed by atoms with Gasteiger partial charge >= 0.3 is 0 Å². The van der Waals surface area contributed by atoms with Gasteiger partial charge in [0.05, 0.1) is 31.5 Å². The summed E-state index contributed by atoms with van der Waals surface area (Å²) in [5.74, 6) is -0.591. The summed E-state index contributed by atoms with van der Waals surface area (Å²) in [4.78, 5) is 12.8. The fourth-order valence-corrected chi connectivity index (χ4v) is 3.22. The van der Waals surface area contributed by atoms with Crippen molar-refractivity contribution in [2.45, 2.75) is 67.7 Å². The summed E-state index contributed by atoms with van der Waals surface area (Å²) >= 11 is 0. The molecule has 0 aromatic heterocycles. The molecule has 0 saturated heterocycles. The van der Waals surface area contributed by atoms with Gasteiger partial charge in [0.2, 0.25) is 5.91 Å². The van der Waals surface area contributed by atoms with Gasteiger partial charge in [0.1, 0.15) is 36.6 Å². The summed E-state index contributed by atoms with van der Waals surface area (Å²) in [5, 5.41) is 99.9. The minimum absolute atomic E-state index is 0.117. The van der Waals surface area contributed by atoms with E-state index in [2.05, 4.69) is 5.32 Å². The Labute approximate surface area is 197 Å². The molecule has 15 N–H and O–H groups in total. The lowest BCUT2D eigenvalue weighted by Crippen LogP contribution is -2.53. The van der Waals surface area contributed by atoms with Gasteiger partial charge in [-0.25, -0.2) is 0 Å². The normalized spacial score (nSPS) is 20.2. The number of rotatable bonds is 20. The molecule has 0 aliphatic rings. The highest BCUT2D eigenvalue weighted by Gasteiger charge is 2.34. The third kappa shape index (κ3) is 11.6. The van der Waals surface area contributed by atoms with Gasteiger partial charge in [-0.05, 0) is 32.5 Å². The fraction of sp³-hybridized carbons (Fsp3) is 0.947. The highest BCUT2D eigenvalue weighted by Crippen LogP contribution is 2.11. The van der Waals surface area contributed by atoms with Gasteiger partial charge < -0.3 is 67.8 Å². The Balaban J connectivity index is 5.18. The maximum Gasteiger partial charge on any atom is 0.234 e. The van der Waals surface area contributed by atoms with Crippen molar-refractivity contribution in [3.05, 3.63) is 0 Å². The topological polar surface area (TPSA) is 287 Å². The molecule has 9 unspecified atom stereocenters. The number of hydrogen-bond acceptors (Lipinski definition) is 14. The average molecular weight is 503 g/mol. The van der Waals surface area contributed by atoms with Crippen molar-refractivity contribution < 1.29 is 55.9 Å². The maximum absolute atomic E-state index is 11.4. The van der Waals surface area contributed by atoms with Crippen molar-refractivity contribution in [3.63, 3.8) is 0 Å². The van der Waals surface area contributed by atoms with Crippen LogP contribution in [0.2, 0.25) is 0 Å². The zero-order valence-electron chi connectivity index (χ0n) is 19.0. The Bertz CT molecular complexity index is 520. The van der Waals surface area contributed by atoms with Crippen LogP contribution in [0.5, 0.6) is 0 Å². The smallest absolute Gasteiger partial charge is 0.234 e. The molecule has 0 heterocycles. The molecule has 0 fully saturated rings. The summed E-state index contributed by atoms with van der Waals surface area (Å²) in [6.45, 7) is -1.86. The molecule has 9 atom stereocenters. The molecule has 34 heavy (non-hydrogen) atoms. The zero-order chi connectivity index (χ0) is 26.4. The predicted molar refractivity (Wildman–Crippen MR) is 118 cm³/mol. The van der Waals surface area contributed by atoms with Crippen molar-refractivity contribution in [3.8, 4) is 0 Å². The van der Waals surface area contributed by atoms with Gasteiger partial charge in [-0.1, -0.05) is 0 Å². The second-order valence-corrected chi connectivity index (χ2v) is 8.20. The second kappa shape index (κ2) is 17.4. The number of primary amides is 1. The van der Waals surface area contributed by atoms with Crippen LogP contribution in [0.3, 0.4) is 0 Å². The summed E-state index contributed by atoms with van der Waals surface area (Å²) in [6.07, 6.45) is -13.6. The van der Waals surface area contributed by atoms with Gasteiger partial charge in [0, 0.05) is 13.1 Å². The lowest BCUT2D eigenvalue weighted by molar-refractivity contribution is -0.130. The first kappa shape index (κ1) is 33.0. The third-order valence-electron chi connectivity index (χ3n) is 5.38. The van der Waals surface area contributed by atoms with Crippen molar-refractivity contribution in [1.29, 1.82) is 0 Å². The van der Waals surface area contributed by atoms with E-state index in [1.165, 1.54) is 4.90 Å². The number of amides is 1. The van der Waals surface area contributed by atoms with Crippen LogP contribution in [0, 0.1) is 0 Å². The number of aliphatic hydroxyl groups is 10. The Kier molecular flexibility index (Phi) is 16.9. The van der Waals surface area contributed by atoms with E-state index in [9.17, 15) is 45.6 Å². The second-order valence-electron chi connectivity index (χ2n) is 8.20. The SMILES string of the molecule is NCCC(NCCCN(CC(O)C(O)C(O)C(O)CO)CC(O)C(O)C(O)C(O)CO)C(N)=O. The molecule has 0 bridgehead atoms. The van der Waals surface area contributed by atoms with Crippen LogP contribution in [0.25, 0.3) is 0 Å². The number of hydrogen-bond donors (Lipinski definition) is 13. The van der Waals surface area contributed by atoms with Crippen molar-refractivity contribution in [2.24, 2.45) is 11.5 Å². The van der Waals surface area contributed by atoms with E-state index in [0.717, 1.165) is 0 Å². The van der Waals surface area contributed by atoms with Crippen LogP contribution in [-0.2, 0) is 4.79 Å². The van der Waals surface area contributed by atoms with E-state index in [0.29, 0.717) is 12.8 Å². The quantitative estimate of drug-likeness (QED) is 0.0688. The number of aliphatic hydroxyl groups excluding tert-OH is 10. The van der Waals surface area contributed by atoms with Crippen LogP contribution in [-0.4, -0.2) is 163 Å². The van der Waals surface area contributed by atoms with Crippen molar-refractivity contribution >= 4 is 5.91 Å². The number of nitrogens with zero attached hydrogens (tertiary/aromatic N) is 1. The van der Waals surface area contributed by atoms with Crippen molar-refractivity contribution in [2.75, 3.05) is 45.9 Å². The maximum atomic E-state index is 11.4. The molecule has 1 amide bonds. The molecule has 0 saturated carbocycles. The Hall–Kier alpha value is -1.05. The number of carbonyl (C=O) groups is 1. The largest absolute Gasteiger partial charge is 0.394 e. The van der Waals surface area contributed by atoms with E-state index in [-0.39, 0.29) is 32.7 Å². The molecule has 0 radical (unpaired) electrons. The number of carbonyl (C=O) groups excluding carboxylic acids is 1. The minimum atomic E-state index is -1.87. The minimum Gasteiger partial charge on any atom is -0.394 e. The highest BCUT2D eigenvalue weighted by atomic mass is 16.4. The Morgan fingerprint density at radius 2 is 1.18 bits per heavy atom. The molecular formula is C19H42N4O11. The standard InChI is InChI=1S/C19H42N4O11/c20-3-2-10(19(21)34)22-4-1-5-23(6-11(26)15(30)17(32)13(28)8-24)7-12(27)16(31)18(33)14(29)9-25/h10-18,22,24-33H,1-9,20H2,(H2,21,34). The van der Waals surface area contributed by atoms with Gasteiger partial charge in [-0.2, -0.15) is 0 Å². The van der Waals surface area contributed by atoms with Gasteiger partial charge in [0.15, 0.2) is 0 Å². The van der Waals surface area contributed by atoms with E-state index in [4.69, 9.17) is 21.7 Å². The predicted octanol–water partition coefficient (Wildman–Crippen LogP) is -7.66. The lowest BCUT2D eigenvalue weighted by atomic mass is 10.0. The van der Waals surface area contributed by atoms with E-state index < -0.39 is 74.0 Å². The van der Waals surface area contributed by atoms with E-state index >= 15 is 0 Å². The van der Waals surface area contributed by atoms with Crippen molar-refractivity contribution in [1.82, 2.24) is 10.2 Å². The van der Waals surface area contributed by atoms with Gasteiger partial charge in [-0.15, -0.1) is 0 Å². The monoisotopic (exact) mass is 502 g/mol. The Morgan fingerprint density at radius 3 is 1.53 bits per heavy atom. The van der Waals surface area contributed by atoms with E-state index in [1.807, 2.05) is 0 Å². The molecular weight excluding hydrogens is 460 g/mol. The molecule has 0 aromatic rings. The van der Waals surface area contributed by atoms with Gasteiger partial charge in [-0.3, -0.25) is 9.69 Å². The molecule has 15 heteroatoms. The summed E-state index contributed by atoms with van der Waals surface area (Å²) in [6, 6.07) is -0.663. The highest BCUT2D eigenvalue weighted by molar-refractivity contribution is 5.79. The number of nitrogens with two attached hydrogens (primary N) is 2. The van der Waals surface area contributed by atoms with Crippen LogP contribution < -0.4 is 16.8 Å². The summed E-state index contributed by atoms with van der Waals surface area (Å²) < 4.78 is 0. The van der Waals surface area contributed by atoms with Gasteiger partial charge in [0.25, 0.3) is 0 Å². The van der Waals surface area contributed by atoms with Crippen LogP contribution >= 0.6 is 0 Å². The van der Waals surface area contributed by atoms with Crippen LogP contribution in [0.4, 0.5) is 0 Å². The first-order valence-electron chi connectivity index (χ1n) is 11.0. The molecule has 0 aliphatic carbocycles. The molecule has 0 aliphatic heterocycles. The first-order valence-corrected chi connectivity index (χ1v) is 11.0. The zero-order valence-corrected chi connectivity index (χ0v) is 19.0. The summed E-state index contributed by atoms with van der Waals surface area (Å²) in [7, 11) is 0. The third-order valence-corrected chi connectivity index (χ3v) is 5.38. The summed E-state index contributed by atoms with van der Waals surface area (Å²) in [5.41, 5.74) is 10.7.